The molecule has 2 aromatic carbocycles. The molecule has 0 radical (unpaired) electrons. The molecule has 18 heavy (non-hydrogen) atoms. The average Bonchev–Trinajstić information content (AvgIpc) is 2.38. The van der Waals surface area contributed by atoms with Crippen molar-refractivity contribution in [1.82, 2.24) is 0 Å². The van der Waals surface area contributed by atoms with Crippen molar-refractivity contribution in [3.8, 4) is 5.75 Å². The lowest BCUT2D eigenvalue weighted by Gasteiger charge is -2.03. The summed E-state index contributed by atoms with van der Waals surface area (Å²) < 4.78 is 4.37. The van der Waals surface area contributed by atoms with Gasteiger partial charge in [0, 0.05) is 6.42 Å². The first-order chi connectivity index (χ1) is 8.60. The van der Waals surface area contributed by atoms with Gasteiger partial charge in [0.2, 0.25) is 5.78 Å². The van der Waals surface area contributed by atoms with Crippen LogP contribution in [0.4, 0.5) is 0 Å². The first-order valence-electron chi connectivity index (χ1n) is 5.43. The minimum absolute atomic E-state index is 0.0174. The largest absolute Gasteiger partial charge is 0.508 e. The van der Waals surface area contributed by atoms with E-state index in [9.17, 15) is 14.7 Å². The summed E-state index contributed by atoms with van der Waals surface area (Å²) in [5.74, 6) is -1.21. The van der Waals surface area contributed by atoms with Crippen LogP contribution >= 0.6 is 0 Å². The first kappa shape index (κ1) is 12.1. The number of hydrogen-bond donors (Lipinski definition) is 1. The van der Waals surface area contributed by atoms with E-state index in [-0.39, 0.29) is 12.2 Å². The number of ketones is 1. The van der Waals surface area contributed by atoms with E-state index in [0.29, 0.717) is 0 Å². The van der Waals surface area contributed by atoms with Gasteiger partial charge in [-0.25, -0.2) is 4.79 Å². The molecular weight excluding hydrogens is 232 g/mol. The summed E-state index contributed by atoms with van der Waals surface area (Å²) in [6.45, 7) is 0. The highest BCUT2D eigenvalue weighted by atomic mass is 16.5. The van der Waals surface area contributed by atoms with Gasteiger partial charge in [-0.3, -0.25) is 4.79 Å². The number of fused-ring (bicyclic) bond motifs is 1. The number of phenolic OH excluding ortho intramolecular Hbond substituents is 1. The van der Waals surface area contributed by atoms with Crippen molar-refractivity contribution in [2.45, 2.75) is 6.42 Å². The van der Waals surface area contributed by atoms with Gasteiger partial charge in [0.1, 0.15) is 5.75 Å². The summed E-state index contributed by atoms with van der Waals surface area (Å²) in [5, 5.41) is 11.1. The van der Waals surface area contributed by atoms with E-state index in [2.05, 4.69) is 4.74 Å². The first-order valence-corrected chi connectivity index (χ1v) is 5.43. The Kier molecular flexibility index (Phi) is 3.28. The molecule has 4 heteroatoms. The molecule has 0 aromatic heterocycles. The zero-order valence-corrected chi connectivity index (χ0v) is 9.84. The number of carbonyl (C=O) groups is 2. The van der Waals surface area contributed by atoms with Gasteiger partial charge >= 0.3 is 5.97 Å². The van der Waals surface area contributed by atoms with Crippen LogP contribution in [0.3, 0.4) is 0 Å². The zero-order chi connectivity index (χ0) is 13.1. The molecule has 0 aliphatic heterocycles. The van der Waals surface area contributed by atoms with Crippen LogP contribution in [0.5, 0.6) is 5.75 Å². The monoisotopic (exact) mass is 244 g/mol. The lowest BCUT2D eigenvalue weighted by atomic mass is 10.0. The number of rotatable bonds is 3. The molecule has 0 fully saturated rings. The van der Waals surface area contributed by atoms with E-state index in [1.807, 2.05) is 6.07 Å². The quantitative estimate of drug-likeness (QED) is 0.661. The Bertz CT molecular complexity index is 616. The molecule has 92 valence electrons. The molecule has 0 saturated carbocycles. The molecule has 2 aromatic rings. The zero-order valence-electron chi connectivity index (χ0n) is 9.84. The van der Waals surface area contributed by atoms with Crippen molar-refractivity contribution in [3.63, 3.8) is 0 Å². The van der Waals surface area contributed by atoms with E-state index in [0.717, 1.165) is 16.3 Å². The number of methoxy groups -OCH3 is 1. The van der Waals surface area contributed by atoms with Crippen LogP contribution < -0.4 is 0 Å². The predicted octanol–water partition coefficient (Wildman–Crippen LogP) is 1.83. The second-order valence-corrected chi connectivity index (χ2v) is 3.96. The van der Waals surface area contributed by atoms with E-state index >= 15 is 0 Å². The van der Waals surface area contributed by atoms with Crippen LogP contribution in [-0.4, -0.2) is 24.0 Å². The second kappa shape index (κ2) is 4.87. The van der Waals surface area contributed by atoms with E-state index in [4.69, 9.17) is 0 Å². The van der Waals surface area contributed by atoms with Gasteiger partial charge in [0.25, 0.3) is 0 Å². The number of aromatic hydroxyl groups is 1. The minimum atomic E-state index is -0.833. The number of benzene rings is 2. The van der Waals surface area contributed by atoms with Crippen molar-refractivity contribution in [1.29, 1.82) is 0 Å². The van der Waals surface area contributed by atoms with Crippen LogP contribution in [0.15, 0.2) is 36.4 Å². The van der Waals surface area contributed by atoms with Gasteiger partial charge < -0.3 is 9.84 Å². The maximum atomic E-state index is 11.4. The van der Waals surface area contributed by atoms with Crippen LogP contribution in [-0.2, 0) is 20.7 Å². The van der Waals surface area contributed by atoms with Crippen LogP contribution in [0, 0.1) is 0 Å². The maximum absolute atomic E-state index is 11.4. The van der Waals surface area contributed by atoms with Gasteiger partial charge in [-0.1, -0.05) is 24.3 Å². The highest BCUT2D eigenvalue weighted by Gasteiger charge is 2.14. The number of hydrogen-bond acceptors (Lipinski definition) is 4. The summed E-state index contributed by atoms with van der Waals surface area (Å²) in [6.07, 6.45) is 0.0174. The van der Waals surface area contributed by atoms with Crippen molar-refractivity contribution in [2.75, 3.05) is 7.11 Å². The predicted molar refractivity (Wildman–Crippen MR) is 66.3 cm³/mol. The molecule has 0 saturated heterocycles. The Labute approximate surface area is 104 Å². The number of ether oxygens (including phenoxy) is 1. The van der Waals surface area contributed by atoms with Crippen LogP contribution in [0.1, 0.15) is 5.56 Å². The molecule has 0 heterocycles. The number of carbonyl (C=O) groups excluding carboxylic acids is 2. The summed E-state index contributed by atoms with van der Waals surface area (Å²) in [5.41, 5.74) is 0.739. The Morgan fingerprint density at radius 1 is 1.11 bits per heavy atom. The molecule has 0 unspecified atom stereocenters. The third-order valence-corrected chi connectivity index (χ3v) is 2.67. The molecule has 0 spiro atoms. The molecule has 4 nitrogen and oxygen atoms in total. The van der Waals surface area contributed by atoms with Crippen LogP contribution in [0.25, 0.3) is 10.8 Å². The Morgan fingerprint density at radius 2 is 1.78 bits per heavy atom. The summed E-state index contributed by atoms with van der Waals surface area (Å²) >= 11 is 0. The van der Waals surface area contributed by atoms with Crippen LogP contribution in [0.2, 0.25) is 0 Å². The number of Topliss-reactive ketones (excluding diaryl/α,β-unsaturated/α-hetero) is 1. The van der Waals surface area contributed by atoms with Gasteiger partial charge in [0.05, 0.1) is 7.11 Å². The van der Waals surface area contributed by atoms with E-state index in [1.165, 1.54) is 7.11 Å². The fourth-order valence-corrected chi connectivity index (χ4v) is 1.76. The normalized spacial score (nSPS) is 10.3. The summed E-state index contributed by atoms with van der Waals surface area (Å²) in [4.78, 5) is 22.4. The third-order valence-electron chi connectivity index (χ3n) is 2.67. The average molecular weight is 244 g/mol. The molecule has 0 bridgehead atoms. The smallest absolute Gasteiger partial charge is 0.374 e. The highest BCUT2D eigenvalue weighted by molar-refractivity contribution is 6.34. The Morgan fingerprint density at radius 3 is 2.50 bits per heavy atom. The third kappa shape index (κ3) is 2.48. The SMILES string of the molecule is COC(=O)C(=O)Cc1ccc2cc(O)ccc2c1. The second-order valence-electron chi connectivity index (χ2n) is 3.96. The minimum Gasteiger partial charge on any atom is -0.508 e. The Balaban J connectivity index is 2.28. The van der Waals surface area contributed by atoms with Crippen molar-refractivity contribution >= 4 is 22.5 Å². The lowest BCUT2D eigenvalue weighted by Crippen LogP contribution is -2.17. The molecule has 0 aliphatic carbocycles. The molecule has 0 aliphatic rings. The molecular formula is C14H12O4. The van der Waals surface area contributed by atoms with Crippen molar-refractivity contribution in [2.24, 2.45) is 0 Å². The van der Waals surface area contributed by atoms with E-state index in [1.54, 1.807) is 30.3 Å². The Hall–Kier alpha value is -2.36. The van der Waals surface area contributed by atoms with Crippen molar-refractivity contribution in [3.05, 3.63) is 42.0 Å². The number of phenols is 1. The van der Waals surface area contributed by atoms with E-state index < -0.39 is 11.8 Å². The van der Waals surface area contributed by atoms with Gasteiger partial charge in [-0.05, 0) is 28.5 Å². The fraction of sp³-hybridized carbons (Fsp3) is 0.143. The molecule has 1 N–H and O–H groups in total. The fourth-order valence-electron chi connectivity index (χ4n) is 1.76. The summed E-state index contributed by atoms with van der Waals surface area (Å²) in [7, 11) is 1.18. The summed E-state index contributed by atoms with van der Waals surface area (Å²) in [6, 6.07) is 10.3. The molecule has 0 amide bonds. The number of esters is 1. The topological polar surface area (TPSA) is 63.6 Å². The van der Waals surface area contributed by atoms with Crippen molar-refractivity contribution < 1.29 is 19.4 Å². The molecule has 0 atom stereocenters. The highest BCUT2D eigenvalue weighted by Crippen LogP contribution is 2.21. The lowest BCUT2D eigenvalue weighted by molar-refractivity contribution is -0.151. The molecule has 2 rings (SSSR count). The van der Waals surface area contributed by atoms with Gasteiger partial charge in [-0.2, -0.15) is 0 Å². The maximum Gasteiger partial charge on any atom is 0.374 e. The standard InChI is InChI=1S/C14H12O4/c1-18-14(17)13(16)7-9-2-3-11-8-12(15)5-4-10(11)6-9/h2-6,8,15H,7H2,1H3. The van der Waals surface area contributed by atoms with Gasteiger partial charge in [-0.15, -0.1) is 0 Å². The van der Waals surface area contributed by atoms with Gasteiger partial charge in [0.15, 0.2) is 0 Å².